The minimum atomic E-state index is -2.25. The SMILES string of the molecule is Cc1ccc(C(C)C)cc1OS(=O)O. The Kier molecular flexibility index (Phi) is 3.66. The van der Waals surface area contributed by atoms with Crippen LogP contribution in [-0.4, -0.2) is 8.76 Å². The maximum atomic E-state index is 10.5. The molecule has 0 saturated heterocycles. The van der Waals surface area contributed by atoms with Crippen LogP contribution in [0.2, 0.25) is 0 Å². The van der Waals surface area contributed by atoms with Gasteiger partial charge in [0.05, 0.1) is 0 Å². The number of rotatable bonds is 3. The molecule has 78 valence electrons. The van der Waals surface area contributed by atoms with Crippen molar-refractivity contribution in [2.75, 3.05) is 0 Å². The van der Waals surface area contributed by atoms with Crippen LogP contribution in [0.15, 0.2) is 18.2 Å². The van der Waals surface area contributed by atoms with Gasteiger partial charge in [-0.05, 0) is 30.0 Å². The molecule has 1 aromatic rings. The molecule has 0 spiro atoms. The summed E-state index contributed by atoms with van der Waals surface area (Å²) in [5.74, 6) is 0.849. The molecule has 0 fully saturated rings. The highest BCUT2D eigenvalue weighted by atomic mass is 32.2. The van der Waals surface area contributed by atoms with Gasteiger partial charge < -0.3 is 4.18 Å². The molecule has 0 aliphatic rings. The van der Waals surface area contributed by atoms with Crippen LogP contribution in [0.5, 0.6) is 5.75 Å². The smallest absolute Gasteiger partial charge is 0.357 e. The highest BCUT2D eigenvalue weighted by Crippen LogP contribution is 2.24. The van der Waals surface area contributed by atoms with Crippen molar-refractivity contribution in [2.24, 2.45) is 0 Å². The van der Waals surface area contributed by atoms with Gasteiger partial charge in [0.15, 0.2) is 0 Å². The topological polar surface area (TPSA) is 46.5 Å². The largest absolute Gasteiger partial charge is 0.380 e. The van der Waals surface area contributed by atoms with E-state index in [4.69, 9.17) is 8.74 Å². The van der Waals surface area contributed by atoms with Crippen molar-refractivity contribution in [1.82, 2.24) is 0 Å². The lowest BCUT2D eigenvalue weighted by Crippen LogP contribution is -2.00. The van der Waals surface area contributed by atoms with Crippen LogP contribution in [0.1, 0.15) is 30.9 Å². The van der Waals surface area contributed by atoms with E-state index >= 15 is 0 Å². The molecular formula is C10H14O3S. The Morgan fingerprint density at radius 3 is 2.57 bits per heavy atom. The van der Waals surface area contributed by atoms with E-state index in [1.54, 1.807) is 6.07 Å². The molecule has 0 radical (unpaired) electrons. The molecule has 1 N–H and O–H groups in total. The number of hydrogen-bond acceptors (Lipinski definition) is 2. The summed E-state index contributed by atoms with van der Waals surface area (Å²) in [6.07, 6.45) is 0. The maximum Gasteiger partial charge on any atom is 0.357 e. The molecule has 1 aromatic carbocycles. The van der Waals surface area contributed by atoms with Gasteiger partial charge in [0.2, 0.25) is 0 Å². The maximum absolute atomic E-state index is 10.5. The summed E-state index contributed by atoms with van der Waals surface area (Å²) in [5.41, 5.74) is 1.95. The zero-order valence-electron chi connectivity index (χ0n) is 8.48. The van der Waals surface area contributed by atoms with Crippen LogP contribution >= 0.6 is 0 Å². The van der Waals surface area contributed by atoms with Crippen LogP contribution in [0.3, 0.4) is 0 Å². The lowest BCUT2D eigenvalue weighted by Gasteiger charge is -2.09. The molecule has 1 atom stereocenters. The molecular weight excluding hydrogens is 200 g/mol. The van der Waals surface area contributed by atoms with E-state index < -0.39 is 11.4 Å². The van der Waals surface area contributed by atoms with Crippen molar-refractivity contribution in [1.29, 1.82) is 0 Å². The molecule has 1 unspecified atom stereocenters. The summed E-state index contributed by atoms with van der Waals surface area (Å²) in [4.78, 5) is 0. The molecule has 0 bridgehead atoms. The van der Waals surface area contributed by atoms with E-state index in [9.17, 15) is 4.21 Å². The molecule has 0 aromatic heterocycles. The van der Waals surface area contributed by atoms with Crippen molar-refractivity contribution in [3.63, 3.8) is 0 Å². The summed E-state index contributed by atoms with van der Waals surface area (Å²) in [5, 5.41) is 0. The number of aryl methyl sites for hydroxylation is 1. The minimum absolute atomic E-state index is 0.380. The Labute approximate surface area is 86.6 Å². The fourth-order valence-electron chi connectivity index (χ4n) is 1.14. The molecule has 0 aliphatic carbocycles. The third-order valence-corrected chi connectivity index (χ3v) is 2.36. The lowest BCUT2D eigenvalue weighted by molar-refractivity contribution is 0.456. The predicted molar refractivity (Wildman–Crippen MR) is 56.7 cm³/mol. The average molecular weight is 214 g/mol. The predicted octanol–water partition coefficient (Wildman–Crippen LogP) is 2.63. The molecule has 14 heavy (non-hydrogen) atoms. The summed E-state index contributed by atoms with van der Waals surface area (Å²) < 4.78 is 23.9. The Morgan fingerprint density at radius 2 is 2.07 bits per heavy atom. The molecule has 0 amide bonds. The molecule has 3 nitrogen and oxygen atoms in total. The third kappa shape index (κ3) is 2.82. The fourth-order valence-corrected chi connectivity index (χ4v) is 1.48. The second-order valence-electron chi connectivity index (χ2n) is 3.48. The van der Waals surface area contributed by atoms with Gasteiger partial charge in [-0.1, -0.05) is 26.0 Å². The van der Waals surface area contributed by atoms with Crippen molar-refractivity contribution in [3.05, 3.63) is 29.3 Å². The summed E-state index contributed by atoms with van der Waals surface area (Å²) >= 11 is -2.25. The van der Waals surface area contributed by atoms with Crippen LogP contribution in [0, 0.1) is 6.92 Å². The van der Waals surface area contributed by atoms with Crippen LogP contribution in [0.25, 0.3) is 0 Å². The Hall–Kier alpha value is -0.870. The molecule has 0 aliphatic heterocycles. The molecule has 0 heterocycles. The van der Waals surface area contributed by atoms with Gasteiger partial charge in [-0.3, -0.25) is 4.55 Å². The van der Waals surface area contributed by atoms with Crippen molar-refractivity contribution < 1.29 is 12.9 Å². The van der Waals surface area contributed by atoms with E-state index in [1.165, 1.54) is 0 Å². The Morgan fingerprint density at radius 1 is 1.43 bits per heavy atom. The average Bonchev–Trinajstić information content (AvgIpc) is 2.07. The Bertz CT molecular complexity index is 347. The molecule has 1 rings (SSSR count). The zero-order valence-corrected chi connectivity index (χ0v) is 9.30. The normalized spacial score (nSPS) is 12.9. The van der Waals surface area contributed by atoms with Gasteiger partial charge in [0.25, 0.3) is 0 Å². The molecule has 0 saturated carbocycles. The molecule has 4 heteroatoms. The first-order valence-corrected chi connectivity index (χ1v) is 5.43. The lowest BCUT2D eigenvalue weighted by atomic mass is 10.0. The summed E-state index contributed by atoms with van der Waals surface area (Å²) in [6.45, 7) is 5.96. The van der Waals surface area contributed by atoms with Gasteiger partial charge in [0, 0.05) is 0 Å². The summed E-state index contributed by atoms with van der Waals surface area (Å²) in [7, 11) is 0. The minimum Gasteiger partial charge on any atom is -0.380 e. The Balaban J connectivity index is 3.02. The van der Waals surface area contributed by atoms with Gasteiger partial charge in [-0.25, -0.2) is 0 Å². The van der Waals surface area contributed by atoms with Crippen molar-refractivity contribution in [3.8, 4) is 5.75 Å². The second kappa shape index (κ2) is 4.57. The van der Waals surface area contributed by atoms with Gasteiger partial charge >= 0.3 is 11.4 Å². The quantitative estimate of drug-likeness (QED) is 0.787. The number of benzene rings is 1. The first kappa shape index (κ1) is 11.2. The van der Waals surface area contributed by atoms with Crippen molar-refractivity contribution in [2.45, 2.75) is 26.7 Å². The van der Waals surface area contributed by atoms with Crippen LogP contribution in [-0.2, 0) is 11.4 Å². The van der Waals surface area contributed by atoms with Gasteiger partial charge in [-0.15, -0.1) is 0 Å². The monoisotopic (exact) mass is 214 g/mol. The zero-order chi connectivity index (χ0) is 10.7. The third-order valence-electron chi connectivity index (χ3n) is 2.04. The number of hydrogen-bond donors (Lipinski definition) is 1. The highest BCUT2D eigenvalue weighted by Gasteiger charge is 2.06. The first-order chi connectivity index (χ1) is 6.50. The fraction of sp³-hybridized carbons (Fsp3) is 0.400. The van der Waals surface area contributed by atoms with E-state index in [1.807, 2.05) is 19.1 Å². The van der Waals surface area contributed by atoms with Crippen molar-refractivity contribution >= 4 is 11.4 Å². The summed E-state index contributed by atoms with van der Waals surface area (Å²) in [6, 6.07) is 5.68. The van der Waals surface area contributed by atoms with E-state index in [0.717, 1.165) is 11.1 Å². The first-order valence-electron chi connectivity index (χ1n) is 4.40. The van der Waals surface area contributed by atoms with Gasteiger partial charge in [0.1, 0.15) is 5.75 Å². The van der Waals surface area contributed by atoms with Crippen LogP contribution in [0.4, 0.5) is 0 Å². The van der Waals surface area contributed by atoms with E-state index in [-0.39, 0.29) is 0 Å². The standard InChI is InChI=1S/C10H14O3S/c1-7(2)9-5-4-8(3)10(6-9)13-14(11)12/h4-7H,1-3H3,(H,11,12). The van der Waals surface area contributed by atoms with Gasteiger partial charge in [-0.2, -0.15) is 4.21 Å². The van der Waals surface area contributed by atoms with E-state index in [0.29, 0.717) is 11.7 Å². The van der Waals surface area contributed by atoms with Crippen LogP contribution < -0.4 is 4.18 Å². The second-order valence-corrected chi connectivity index (χ2v) is 4.08. The van der Waals surface area contributed by atoms with E-state index in [2.05, 4.69) is 13.8 Å². The highest BCUT2D eigenvalue weighted by molar-refractivity contribution is 7.74.